The van der Waals surface area contributed by atoms with Gasteiger partial charge in [-0.05, 0) is 12.8 Å². The highest BCUT2D eigenvalue weighted by Gasteiger charge is 2.38. The van der Waals surface area contributed by atoms with E-state index in [0.29, 0.717) is 6.61 Å². The van der Waals surface area contributed by atoms with Crippen LogP contribution in [0.1, 0.15) is 46.0 Å². The Bertz CT molecular complexity index is 161. The van der Waals surface area contributed by atoms with E-state index in [1.807, 2.05) is 0 Å². The number of aliphatic hydroxyl groups is 1. The lowest BCUT2D eigenvalue weighted by Gasteiger charge is -2.26. The zero-order chi connectivity index (χ0) is 10.4. The Morgan fingerprint density at radius 3 is 2.64 bits per heavy atom. The van der Waals surface area contributed by atoms with E-state index in [1.165, 1.54) is 12.8 Å². The minimum Gasteiger partial charge on any atom is -0.394 e. The third-order valence-corrected chi connectivity index (χ3v) is 2.82. The second kappa shape index (κ2) is 5.69. The van der Waals surface area contributed by atoms with E-state index in [1.54, 1.807) is 0 Å². The van der Waals surface area contributed by atoms with Crippen LogP contribution in [-0.2, 0) is 9.47 Å². The van der Waals surface area contributed by atoms with Crippen molar-refractivity contribution in [2.24, 2.45) is 0 Å². The molecule has 3 nitrogen and oxygen atoms in total. The molecule has 1 saturated heterocycles. The molecule has 84 valence electrons. The zero-order valence-corrected chi connectivity index (χ0v) is 9.29. The van der Waals surface area contributed by atoms with Gasteiger partial charge in [-0.25, -0.2) is 0 Å². The molecule has 0 aliphatic carbocycles. The SMILES string of the molecule is CCCCCC1(CC)OCC(CO)O1. The third kappa shape index (κ3) is 2.94. The lowest BCUT2D eigenvalue weighted by Crippen LogP contribution is -2.30. The highest BCUT2D eigenvalue weighted by Crippen LogP contribution is 2.32. The Morgan fingerprint density at radius 2 is 2.14 bits per heavy atom. The number of rotatable bonds is 6. The third-order valence-electron chi connectivity index (χ3n) is 2.82. The van der Waals surface area contributed by atoms with Crippen LogP contribution in [0.2, 0.25) is 0 Å². The molecule has 0 aromatic carbocycles. The van der Waals surface area contributed by atoms with Crippen LogP contribution < -0.4 is 0 Å². The van der Waals surface area contributed by atoms with E-state index in [9.17, 15) is 0 Å². The van der Waals surface area contributed by atoms with Crippen LogP contribution in [0.4, 0.5) is 0 Å². The maximum Gasteiger partial charge on any atom is 0.168 e. The van der Waals surface area contributed by atoms with Crippen LogP contribution in [0.5, 0.6) is 0 Å². The van der Waals surface area contributed by atoms with Crippen molar-refractivity contribution in [3.8, 4) is 0 Å². The van der Waals surface area contributed by atoms with Crippen molar-refractivity contribution >= 4 is 0 Å². The Hall–Kier alpha value is -0.120. The number of aliphatic hydroxyl groups excluding tert-OH is 1. The van der Waals surface area contributed by atoms with Gasteiger partial charge in [0.1, 0.15) is 6.10 Å². The summed E-state index contributed by atoms with van der Waals surface area (Å²) in [7, 11) is 0. The van der Waals surface area contributed by atoms with Crippen LogP contribution in [0.15, 0.2) is 0 Å². The maximum atomic E-state index is 8.96. The molecule has 1 N–H and O–H groups in total. The Balaban J connectivity index is 2.35. The first-order valence-corrected chi connectivity index (χ1v) is 5.69. The van der Waals surface area contributed by atoms with Crippen molar-refractivity contribution < 1.29 is 14.6 Å². The van der Waals surface area contributed by atoms with Gasteiger partial charge in [-0.2, -0.15) is 0 Å². The first kappa shape index (κ1) is 12.0. The number of hydrogen-bond acceptors (Lipinski definition) is 3. The fraction of sp³-hybridized carbons (Fsp3) is 1.00. The lowest BCUT2D eigenvalue weighted by atomic mass is 10.1. The summed E-state index contributed by atoms with van der Waals surface area (Å²) in [6, 6.07) is 0. The molecule has 1 aliphatic heterocycles. The number of unbranched alkanes of at least 4 members (excludes halogenated alkanes) is 2. The monoisotopic (exact) mass is 202 g/mol. The minimum absolute atomic E-state index is 0.0650. The molecule has 1 rings (SSSR count). The summed E-state index contributed by atoms with van der Waals surface area (Å²) in [6.07, 6.45) is 5.28. The summed E-state index contributed by atoms with van der Waals surface area (Å²) in [4.78, 5) is 0. The lowest BCUT2D eigenvalue weighted by molar-refractivity contribution is -0.178. The van der Waals surface area contributed by atoms with E-state index >= 15 is 0 Å². The molecule has 0 aromatic rings. The molecule has 0 saturated carbocycles. The predicted octanol–water partition coefficient (Wildman–Crippen LogP) is 2.08. The van der Waals surface area contributed by atoms with Crippen molar-refractivity contribution in [1.82, 2.24) is 0 Å². The Kier molecular flexibility index (Phi) is 4.85. The van der Waals surface area contributed by atoms with Gasteiger partial charge in [0.25, 0.3) is 0 Å². The van der Waals surface area contributed by atoms with Crippen molar-refractivity contribution in [1.29, 1.82) is 0 Å². The van der Waals surface area contributed by atoms with E-state index in [-0.39, 0.29) is 12.7 Å². The first-order valence-electron chi connectivity index (χ1n) is 5.69. The van der Waals surface area contributed by atoms with Gasteiger partial charge in [-0.1, -0.05) is 26.7 Å². The molecule has 2 atom stereocenters. The van der Waals surface area contributed by atoms with Crippen molar-refractivity contribution in [3.05, 3.63) is 0 Å². The Labute approximate surface area is 86.4 Å². The summed E-state index contributed by atoms with van der Waals surface area (Å²) in [6.45, 7) is 4.86. The van der Waals surface area contributed by atoms with Gasteiger partial charge < -0.3 is 14.6 Å². The summed E-state index contributed by atoms with van der Waals surface area (Å²) in [5.41, 5.74) is 0. The predicted molar refractivity (Wildman–Crippen MR) is 55.1 cm³/mol. The fourth-order valence-electron chi connectivity index (χ4n) is 1.84. The van der Waals surface area contributed by atoms with Crippen molar-refractivity contribution in [3.63, 3.8) is 0 Å². The quantitative estimate of drug-likeness (QED) is 0.670. The maximum absolute atomic E-state index is 8.96. The van der Waals surface area contributed by atoms with Gasteiger partial charge in [0.05, 0.1) is 13.2 Å². The van der Waals surface area contributed by atoms with E-state index in [4.69, 9.17) is 14.6 Å². The standard InChI is InChI=1S/C11H22O3/c1-3-5-6-7-11(4-2)13-9-10(8-12)14-11/h10,12H,3-9H2,1-2H3. The largest absolute Gasteiger partial charge is 0.394 e. The van der Waals surface area contributed by atoms with Crippen molar-refractivity contribution in [2.45, 2.75) is 57.8 Å². The van der Waals surface area contributed by atoms with Crippen LogP contribution >= 0.6 is 0 Å². The van der Waals surface area contributed by atoms with Gasteiger partial charge in [-0.3, -0.25) is 0 Å². The molecular formula is C11H22O3. The van der Waals surface area contributed by atoms with Gasteiger partial charge in [0.15, 0.2) is 5.79 Å². The average Bonchev–Trinajstić information content (AvgIpc) is 2.63. The first-order chi connectivity index (χ1) is 6.76. The van der Waals surface area contributed by atoms with Gasteiger partial charge in [0.2, 0.25) is 0 Å². The molecule has 1 aliphatic rings. The second-order valence-corrected chi connectivity index (χ2v) is 3.95. The van der Waals surface area contributed by atoms with Crippen LogP contribution in [0.3, 0.4) is 0 Å². The minimum atomic E-state index is -0.400. The summed E-state index contributed by atoms with van der Waals surface area (Å²) < 4.78 is 11.4. The molecule has 0 radical (unpaired) electrons. The fourth-order valence-corrected chi connectivity index (χ4v) is 1.84. The number of ether oxygens (including phenoxy) is 2. The molecule has 2 unspecified atom stereocenters. The highest BCUT2D eigenvalue weighted by molar-refractivity contribution is 4.77. The normalized spacial score (nSPS) is 32.4. The molecule has 3 heteroatoms. The summed E-state index contributed by atoms with van der Waals surface area (Å²) in [5, 5.41) is 8.96. The van der Waals surface area contributed by atoms with Gasteiger partial charge in [-0.15, -0.1) is 0 Å². The molecule has 14 heavy (non-hydrogen) atoms. The molecule has 0 amide bonds. The van der Waals surface area contributed by atoms with Gasteiger partial charge in [0, 0.05) is 6.42 Å². The van der Waals surface area contributed by atoms with Crippen molar-refractivity contribution in [2.75, 3.05) is 13.2 Å². The topological polar surface area (TPSA) is 38.7 Å². The molecule has 1 heterocycles. The van der Waals surface area contributed by atoms with Crippen LogP contribution in [0, 0.1) is 0 Å². The molecule has 0 spiro atoms. The smallest absolute Gasteiger partial charge is 0.168 e. The summed E-state index contributed by atoms with van der Waals surface area (Å²) in [5.74, 6) is -0.400. The van der Waals surface area contributed by atoms with E-state index in [0.717, 1.165) is 19.3 Å². The van der Waals surface area contributed by atoms with Crippen LogP contribution in [-0.4, -0.2) is 30.2 Å². The van der Waals surface area contributed by atoms with E-state index < -0.39 is 5.79 Å². The Morgan fingerprint density at radius 1 is 1.36 bits per heavy atom. The zero-order valence-electron chi connectivity index (χ0n) is 9.29. The second-order valence-electron chi connectivity index (χ2n) is 3.95. The highest BCUT2D eigenvalue weighted by atomic mass is 16.7. The molecular weight excluding hydrogens is 180 g/mol. The molecule has 0 bridgehead atoms. The van der Waals surface area contributed by atoms with Crippen LogP contribution in [0.25, 0.3) is 0 Å². The molecule has 0 aromatic heterocycles. The average molecular weight is 202 g/mol. The molecule has 1 fully saturated rings. The van der Waals surface area contributed by atoms with E-state index in [2.05, 4.69) is 13.8 Å². The van der Waals surface area contributed by atoms with Gasteiger partial charge >= 0.3 is 0 Å². The number of hydrogen-bond donors (Lipinski definition) is 1. The summed E-state index contributed by atoms with van der Waals surface area (Å²) >= 11 is 0.